The Morgan fingerprint density at radius 3 is 1.13 bits per heavy atom. The van der Waals surface area contributed by atoms with Crippen LogP contribution in [0.1, 0.15) is 270 Å². The van der Waals surface area contributed by atoms with Gasteiger partial charge >= 0.3 is 0 Å². The van der Waals surface area contributed by atoms with Crippen molar-refractivity contribution in [2.45, 2.75) is 283 Å². The molecular weight excluding hydrogens is 629 g/mol. The summed E-state index contributed by atoms with van der Waals surface area (Å²) < 4.78 is 0. The van der Waals surface area contributed by atoms with E-state index in [-0.39, 0.29) is 22.2 Å². The van der Waals surface area contributed by atoms with Gasteiger partial charge in [0.1, 0.15) is 0 Å². The predicted molar refractivity (Wildman–Crippen MR) is 233 cm³/mol. The van der Waals surface area contributed by atoms with E-state index in [9.17, 15) is 0 Å². The second kappa shape index (κ2) is 22.6. The van der Waals surface area contributed by atoms with Crippen LogP contribution in [0.3, 0.4) is 0 Å². The summed E-state index contributed by atoms with van der Waals surface area (Å²) in [4.78, 5) is 0. The molecule has 0 saturated carbocycles. The first-order chi connectivity index (χ1) is 24.7. The molecule has 2 nitrogen and oxygen atoms in total. The standard InChI is InChI=1S/C50H92N2/c1-11-13-15-17-19-21-23-25-27-29-31-33-41-35-36-44(42-37-47(3,4)51-48(5,6)38-42)45(34-32-30-28-26-24-22-20-18-16-14-12-2)46(41)43-39-49(7,8)52-50(9,10)40-43/h35-36,42-43,51-52H,11-34,37-40H2,1-10H3. The summed E-state index contributed by atoms with van der Waals surface area (Å²) in [5.74, 6) is 1.27. The Labute approximate surface area is 327 Å². The Hall–Kier alpha value is -0.860. The van der Waals surface area contributed by atoms with Crippen LogP contribution in [0.4, 0.5) is 0 Å². The molecule has 1 aromatic carbocycles. The minimum absolute atomic E-state index is 0.156. The summed E-state index contributed by atoms with van der Waals surface area (Å²) in [6, 6.07) is 5.31. The molecule has 302 valence electrons. The van der Waals surface area contributed by atoms with Gasteiger partial charge in [0.05, 0.1) is 0 Å². The van der Waals surface area contributed by atoms with E-state index in [1.807, 2.05) is 5.56 Å². The third-order valence-electron chi connectivity index (χ3n) is 12.8. The molecule has 0 radical (unpaired) electrons. The molecule has 2 heterocycles. The molecule has 0 spiro atoms. The van der Waals surface area contributed by atoms with Crippen molar-refractivity contribution in [1.82, 2.24) is 10.6 Å². The Morgan fingerprint density at radius 1 is 0.423 bits per heavy atom. The van der Waals surface area contributed by atoms with Gasteiger partial charge < -0.3 is 10.6 Å². The zero-order valence-electron chi connectivity index (χ0n) is 37.1. The minimum atomic E-state index is 0.156. The van der Waals surface area contributed by atoms with Crippen molar-refractivity contribution in [3.05, 3.63) is 34.4 Å². The van der Waals surface area contributed by atoms with Gasteiger partial charge in [0, 0.05) is 22.2 Å². The van der Waals surface area contributed by atoms with Crippen molar-refractivity contribution in [2.24, 2.45) is 0 Å². The maximum absolute atomic E-state index is 4.04. The topological polar surface area (TPSA) is 24.1 Å². The average molecular weight is 721 g/mol. The van der Waals surface area contributed by atoms with E-state index in [0.29, 0.717) is 11.8 Å². The first-order valence-electron chi connectivity index (χ1n) is 23.4. The van der Waals surface area contributed by atoms with Crippen LogP contribution >= 0.6 is 0 Å². The lowest BCUT2D eigenvalue weighted by Gasteiger charge is -2.49. The van der Waals surface area contributed by atoms with Gasteiger partial charge in [-0.25, -0.2) is 0 Å². The zero-order valence-corrected chi connectivity index (χ0v) is 37.1. The Balaban J connectivity index is 1.80. The van der Waals surface area contributed by atoms with Crippen molar-refractivity contribution in [3.8, 4) is 0 Å². The largest absolute Gasteiger partial charge is 0.307 e. The highest BCUT2D eigenvalue weighted by atomic mass is 15.1. The average Bonchev–Trinajstić information content (AvgIpc) is 3.03. The number of aryl methyl sites for hydroxylation is 1. The molecule has 0 atom stereocenters. The lowest BCUT2D eigenvalue weighted by molar-refractivity contribution is 0.159. The van der Waals surface area contributed by atoms with Crippen LogP contribution < -0.4 is 10.6 Å². The molecule has 2 heteroatoms. The van der Waals surface area contributed by atoms with Crippen molar-refractivity contribution >= 4 is 0 Å². The van der Waals surface area contributed by atoms with Crippen LogP contribution in [0.25, 0.3) is 0 Å². The highest BCUT2D eigenvalue weighted by molar-refractivity contribution is 5.47. The number of hydrogen-bond acceptors (Lipinski definition) is 2. The number of hydrogen-bond donors (Lipinski definition) is 2. The highest BCUT2D eigenvalue weighted by Crippen LogP contribution is 2.47. The predicted octanol–water partition coefficient (Wildman–Crippen LogP) is 15.4. The second-order valence-corrected chi connectivity index (χ2v) is 20.8. The van der Waals surface area contributed by atoms with Gasteiger partial charge in [-0.15, -0.1) is 0 Å². The van der Waals surface area contributed by atoms with Crippen LogP contribution in [0.15, 0.2) is 12.1 Å². The molecule has 52 heavy (non-hydrogen) atoms. The Kier molecular flexibility index (Phi) is 19.8. The molecule has 0 bridgehead atoms. The fourth-order valence-corrected chi connectivity index (χ4v) is 11.1. The van der Waals surface area contributed by atoms with Crippen LogP contribution in [0, 0.1) is 0 Å². The van der Waals surface area contributed by atoms with Gasteiger partial charge in [-0.1, -0.05) is 154 Å². The van der Waals surface area contributed by atoms with E-state index in [4.69, 9.17) is 0 Å². The molecule has 2 saturated heterocycles. The van der Waals surface area contributed by atoms with E-state index < -0.39 is 0 Å². The number of unbranched alkanes of at least 4 members (excludes halogenated alkanes) is 20. The van der Waals surface area contributed by atoms with Gasteiger partial charge in [0.25, 0.3) is 0 Å². The highest BCUT2D eigenvalue weighted by Gasteiger charge is 2.42. The quantitative estimate of drug-likeness (QED) is 0.0931. The maximum Gasteiger partial charge on any atom is 0.0135 e. The zero-order chi connectivity index (χ0) is 38.1. The fourth-order valence-electron chi connectivity index (χ4n) is 11.1. The lowest BCUT2D eigenvalue weighted by atomic mass is 9.67. The smallest absolute Gasteiger partial charge is 0.0135 e. The van der Waals surface area contributed by atoms with E-state index in [1.165, 1.54) is 180 Å². The minimum Gasteiger partial charge on any atom is -0.307 e. The summed E-state index contributed by atoms with van der Waals surface area (Å²) in [6.45, 7) is 24.3. The van der Waals surface area contributed by atoms with Crippen molar-refractivity contribution in [1.29, 1.82) is 0 Å². The summed E-state index contributed by atoms with van der Waals surface area (Å²) >= 11 is 0. The summed E-state index contributed by atoms with van der Waals surface area (Å²) in [7, 11) is 0. The molecule has 0 aromatic heterocycles. The fraction of sp³-hybridized carbons (Fsp3) is 0.880. The molecule has 2 N–H and O–H groups in total. The molecule has 0 unspecified atom stereocenters. The van der Waals surface area contributed by atoms with Crippen molar-refractivity contribution < 1.29 is 0 Å². The first kappa shape index (κ1) is 45.5. The number of piperidine rings is 2. The third kappa shape index (κ3) is 16.9. The van der Waals surface area contributed by atoms with Gasteiger partial charge in [0.2, 0.25) is 0 Å². The number of benzene rings is 1. The van der Waals surface area contributed by atoms with Gasteiger partial charge in [0.15, 0.2) is 0 Å². The van der Waals surface area contributed by atoms with Gasteiger partial charge in [-0.3, -0.25) is 0 Å². The molecular formula is C50H92N2. The van der Waals surface area contributed by atoms with Crippen molar-refractivity contribution in [2.75, 3.05) is 0 Å². The first-order valence-corrected chi connectivity index (χ1v) is 23.4. The van der Waals surface area contributed by atoms with Crippen molar-refractivity contribution in [3.63, 3.8) is 0 Å². The molecule has 1 aromatic rings. The molecule has 3 rings (SSSR count). The van der Waals surface area contributed by atoms with Crippen LogP contribution in [0.5, 0.6) is 0 Å². The number of rotatable bonds is 26. The van der Waals surface area contributed by atoms with E-state index in [0.717, 1.165) is 0 Å². The molecule has 0 amide bonds. The van der Waals surface area contributed by atoms with E-state index >= 15 is 0 Å². The second-order valence-electron chi connectivity index (χ2n) is 20.8. The molecule has 2 aliphatic heterocycles. The molecule has 2 fully saturated rings. The summed E-state index contributed by atoms with van der Waals surface area (Å²) in [6.07, 6.45) is 38.7. The lowest BCUT2D eigenvalue weighted by Crippen LogP contribution is -2.57. The number of nitrogens with one attached hydrogen (secondary N) is 2. The van der Waals surface area contributed by atoms with E-state index in [1.54, 1.807) is 16.7 Å². The summed E-state index contributed by atoms with van der Waals surface area (Å²) in [5, 5.41) is 8.05. The normalized spacial score (nSPS) is 20.0. The summed E-state index contributed by atoms with van der Waals surface area (Å²) in [5.41, 5.74) is 7.68. The third-order valence-corrected chi connectivity index (χ3v) is 12.8. The SMILES string of the molecule is CCCCCCCCCCCCCc1ccc(C2CC(C)(C)NC(C)(C)C2)c(CCCCCCCCCCCCC)c1C1CC(C)(C)NC(C)(C)C1. The molecule has 0 aliphatic carbocycles. The molecule has 2 aliphatic rings. The van der Waals surface area contributed by atoms with Crippen LogP contribution in [-0.2, 0) is 12.8 Å². The van der Waals surface area contributed by atoms with E-state index in [2.05, 4.69) is 92.0 Å². The van der Waals surface area contributed by atoms with Gasteiger partial charge in [-0.2, -0.15) is 0 Å². The van der Waals surface area contributed by atoms with Gasteiger partial charge in [-0.05, 0) is 141 Å². The van der Waals surface area contributed by atoms with Crippen LogP contribution in [-0.4, -0.2) is 22.2 Å². The maximum atomic E-state index is 4.04. The monoisotopic (exact) mass is 721 g/mol. The van der Waals surface area contributed by atoms with Crippen LogP contribution in [0.2, 0.25) is 0 Å². The Morgan fingerprint density at radius 2 is 0.750 bits per heavy atom. The Bertz CT molecular complexity index is 1080.